The standard InChI is InChI=1S/C25H30N2O2S/c1-17(2)18-10-14-22(15-11-18)27-23(28)16-30-25(27)20-8-12-21(13-9-20)26-24(29)19-6-4-3-5-7-19/h8-15,17,19,25H,3-7,16H2,1-2H3,(H,26,29)/t25-/m1/s1. The van der Waals surface area contributed by atoms with E-state index >= 15 is 0 Å². The SMILES string of the molecule is CC(C)c1ccc(N2C(=O)CS[C@@H]2c2ccc(NC(=O)C3CCCCC3)cc2)cc1. The van der Waals surface area contributed by atoms with Crippen LogP contribution in [-0.2, 0) is 9.59 Å². The van der Waals surface area contributed by atoms with Crippen molar-refractivity contribution in [3.05, 3.63) is 59.7 Å². The van der Waals surface area contributed by atoms with Gasteiger partial charge in [0, 0.05) is 17.3 Å². The summed E-state index contributed by atoms with van der Waals surface area (Å²) in [6.45, 7) is 4.34. The van der Waals surface area contributed by atoms with E-state index in [1.807, 2.05) is 41.3 Å². The van der Waals surface area contributed by atoms with Gasteiger partial charge >= 0.3 is 0 Å². The molecule has 2 aromatic carbocycles. The van der Waals surface area contributed by atoms with Crippen LogP contribution in [0, 0.1) is 5.92 Å². The van der Waals surface area contributed by atoms with Crippen LogP contribution in [0.3, 0.4) is 0 Å². The molecule has 158 valence electrons. The van der Waals surface area contributed by atoms with Gasteiger partial charge in [0.2, 0.25) is 11.8 Å². The normalized spacial score (nSPS) is 20.0. The molecule has 0 aromatic heterocycles. The maximum absolute atomic E-state index is 12.6. The summed E-state index contributed by atoms with van der Waals surface area (Å²) in [5.74, 6) is 1.37. The Hall–Kier alpha value is -2.27. The maximum Gasteiger partial charge on any atom is 0.238 e. The average Bonchev–Trinajstić information content (AvgIpc) is 3.16. The van der Waals surface area contributed by atoms with Gasteiger partial charge in [0.05, 0.1) is 5.75 Å². The van der Waals surface area contributed by atoms with Gasteiger partial charge in [-0.1, -0.05) is 57.4 Å². The highest BCUT2D eigenvalue weighted by Gasteiger charge is 2.34. The number of hydrogen-bond donors (Lipinski definition) is 1. The molecule has 1 aliphatic heterocycles. The molecule has 4 rings (SSSR count). The van der Waals surface area contributed by atoms with E-state index in [9.17, 15) is 9.59 Å². The fourth-order valence-corrected chi connectivity index (χ4v) is 5.49. The Morgan fingerprint density at radius 2 is 1.67 bits per heavy atom. The lowest BCUT2D eigenvalue weighted by Gasteiger charge is -2.25. The van der Waals surface area contributed by atoms with Crippen molar-refractivity contribution in [3.8, 4) is 0 Å². The van der Waals surface area contributed by atoms with Crippen LogP contribution >= 0.6 is 11.8 Å². The topological polar surface area (TPSA) is 49.4 Å². The molecule has 2 fully saturated rings. The van der Waals surface area contributed by atoms with Gasteiger partial charge in [-0.15, -0.1) is 11.8 Å². The summed E-state index contributed by atoms with van der Waals surface area (Å²) in [5.41, 5.74) is 4.12. The zero-order valence-corrected chi connectivity index (χ0v) is 18.6. The lowest BCUT2D eigenvalue weighted by Crippen LogP contribution is -2.27. The highest BCUT2D eigenvalue weighted by Crippen LogP contribution is 2.42. The van der Waals surface area contributed by atoms with E-state index < -0.39 is 0 Å². The van der Waals surface area contributed by atoms with E-state index in [1.54, 1.807) is 11.8 Å². The van der Waals surface area contributed by atoms with Crippen LogP contribution < -0.4 is 10.2 Å². The number of carbonyl (C=O) groups is 2. The third-order valence-electron chi connectivity index (χ3n) is 6.15. The molecule has 30 heavy (non-hydrogen) atoms. The molecule has 1 saturated heterocycles. The van der Waals surface area contributed by atoms with Gasteiger partial charge in [-0.25, -0.2) is 0 Å². The summed E-state index contributed by atoms with van der Waals surface area (Å²) in [6.07, 6.45) is 5.54. The molecule has 1 N–H and O–H groups in total. The second-order valence-corrected chi connectivity index (χ2v) is 9.69. The Balaban J connectivity index is 1.47. The predicted molar refractivity (Wildman–Crippen MR) is 125 cm³/mol. The molecule has 1 atom stereocenters. The van der Waals surface area contributed by atoms with Crippen molar-refractivity contribution in [2.24, 2.45) is 5.92 Å². The number of nitrogens with zero attached hydrogens (tertiary/aromatic N) is 1. The Kier molecular flexibility index (Phi) is 6.47. The smallest absolute Gasteiger partial charge is 0.238 e. The summed E-state index contributed by atoms with van der Waals surface area (Å²) >= 11 is 1.65. The molecule has 0 bridgehead atoms. The molecule has 1 aliphatic carbocycles. The number of thioether (sulfide) groups is 1. The van der Waals surface area contributed by atoms with Crippen LogP contribution in [0.25, 0.3) is 0 Å². The van der Waals surface area contributed by atoms with E-state index in [1.165, 1.54) is 12.0 Å². The van der Waals surface area contributed by atoms with Gasteiger partial charge in [-0.2, -0.15) is 0 Å². The van der Waals surface area contributed by atoms with Crippen molar-refractivity contribution in [1.29, 1.82) is 0 Å². The predicted octanol–water partition coefficient (Wildman–Crippen LogP) is 6.11. The summed E-state index contributed by atoms with van der Waals surface area (Å²) in [4.78, 5) is 27.0. The minimum atomic E-state index is -0.0366. The molecule has 0 spiro atoms. The first kappa shape index (κ1) is 21.0. The van der Waals surface area contributed by atoms with Crippen LogP contribution in [0.1, 0.15) is 68.4 Å². The first-order valence-electron chi connectivity index (χ1n) is 11.0. The van der Waals surface area contributed by atoms with E-state index in [0.29, 0.717) is 11.7 Å². The molecule has 5 heteroatoms. The number of amides is 2. The second-order valence-electron chi connectivity index (χ2n) is 8.62. The molecule has 4 nitrogen and oxygen atoms in total. The fourth-order valence-electron chi connectivity index (χ4n) is 4.31. The third-order valence-corrected chi connectivity index (χ3v) is 7.36. The zero-order valence-electron chi connectivity index (χ0n) is 17.8. The lowest BCUT2D eigenvalue weighted by atomic mass is 9.88. The van der Waals surface area contributed by atoms with Crippen molar-refractivity contribution in [2.45, 2.75) is 57.2 Å². The number of nitrogens with one attached hydrogen (secondary N) is 1. The van der Waals surface area contributed by atoms with Crippen LogP contribution in [0.15, 0.2) is 48.5 Å². The second kappa shape index (κ2) is 9.25. The molecular weight excluding hydrogens is 392 g/mol. The first-order valence-corrected chi connectivity index (χ1v) is 12.0. The van der Waals surface area contributed by atoms with Crippen LogP contribution in [0.2, 0.25) is 0 Å². The molecule has 1 heterocycles. The van der Waals surface area contributed by atoms with Gasteiger partial charge < -0.3 is 5.32 Å². The summed E-state index contributed by atoms with van der Waals surface area (Å²) in [6, 6.07) is 16.3. The third kappa shape index (κ3) is 4.56. The molecule has 0 unspecified atom stereocenters. The average molecular weight is 423 g/mol. The van der Waals surface area contributed by atoms with Crippen molar-refractivity contribution in [3.63, 3.8) is 0 Å². The van der Waals surface area contributed by atoms with Crippen LogP contribution in [0.5, 0.6) is 0 Å². The van der Waals surface area contributed by atoms with Crippen LogP contribution in [-0.4, -0.2) is 17.6 Å². The van der Waals surface area contributed by atoms with Crippen LogP contribution in [0.4, 0.5) is 11.4 Å². The van der Waals surface area contributed by atoms with Crippen molar-refractivity contribution >= 4 is 35.0 Å². The number of rotatable bonds is 5. The number of anilines is 2. The van der Waals surface area contributed by atoms with Crippen molar-refractivity contribution < 1.29 is 9.59 Å². The zero-order chi connectivity index (χ0) is 21.1. The lowest BCUT2D eigenvalue weighted by molar-refractivity contribution is -0.120. The summed E-state index contributed by atoms with van der Waals surface area (Å²) in [5, 5.41) is 3.04. The van der Waals surface area contributed by atoms with E-state index in [4.69, 9.17) is 0 Å². The fraction of sp³-hybridized carbons (Fsp3) is 0.440. The van der Waals surface area contributed by atoms with Crippen molar-refractivity contribution in [1.82, 2.24) is 0 Å². The minimum absolute atomic E-state index is 0.0366. The molecule has 2 aromatic rings. The molecular formula is C25H30N2O2S. The number of benzene rings is 2. The van der Waals surface area contributed by atoms with Gasteiger partial charge in [0.15, 0.2) is 0 Å². The number of hydrogen-bond acceptors (Lipinski definition) is 3. The molecule has 1 saturated carbocycles. The van der Waals surface area contributed by atoms with Gasteiger partial charge in [0.25, 0.3) is 0 Å². The van der Waals surface area contributed by atoms with Gasteiger partial charge in [0.1, 0.15) is 5.37 Å². The van der Waals surface area contributed by atoms with E-state index in [-0.39, 0.29) is 23.1 Å². The Bertz CT molecular complexity index is 886. The first-order chi connectivity index (χ1) is 14.5. The Morgan fingerprint density at radius 3 is 2.30 bits per heavy atom. The molecule has 0 radical (unpaired) electrons. The van der Waals surface area contributed by atoms with Gasteiger partial charge in [-0.05, 0) is 54.2 Å². The van der Waals surface area contributed by atoms with E-state index in [0.717, 1.165) is 42.6 Å². The summed E-state index contributed by atoms with van der Waals surface area (Å²) < 4.78 is 0. The minimum Gasteiger partial charge on any atom is -0.326 e. The Labute approximate surface area is 183 Å². The quantitative estimate of drug-likeness (QED) is 0.633. The van der Waals surface area contributed by atoms with Gasteiger partial charge in [-0.3, -0.25) is 14.5 Å². The molecule has 2 aliphatic rings. The Morgan fingerprint density at radius 1 is 1.00 bits per heavy atom. The highest BCUT2D eigenvalue weighted by atomic mass is 32.2. The largest absolute Gasteiger partial charge is 0.326 e. The van der Waals surface area contributed by atoms with Crippen molar-refractivity contribution in [2.75, 3.05) is 16.0 Å². The van der Waals surface area contributed by atoms with E-state index in [2.05, 4.69) is 31.3 Å². The number of carbonyl (C=O) groups excluding carboxylic acids is 2. The molecule has 2 amide bonds. The highest BCUT2D eigenvalue weighted by molar-refractivity contribution is 8.00. The monoisotopic (exact) mass is 422 g/mol. The summed E-state index contributed by atoms with van der Waals surface area (Å²) in [7, 11) is 0. The maximum atomic E-state index is 12.6.